The van der Waals surface area contributed by atoms with E-state index in [9.17, 15) is 4.79 Å². The Labute approximate surface area is 127 Å². The number of carbonyl (C=O) groups excluding carboxylic acids is 1. The van der Waals surface area contributed by atoms with Crippen molar-refractivity contribution in [2.24, 2.45) is 0 Å². The zero-order chi connectivity index (χ0) is 15.2. The van der Waals surface area contributed by atoms with E-state index in [1.54, 1.807) is 0 Å². The maximum Gasteiger partial charge on any atom is 0.317 e. The molecule has 0 saturated carbocycles. The van der Waals surface area contributed by atoms with E-state index in [1.165, 1.54) is 5.56 Å². The van der Waals surface area contributed by atoms with Crippen LogP contribution in [0.5, 0.6) is 0 Å². The summed E-state index contributed by atoms with van der Waals surface area (Å²) in [7, 11) is 2.11. The van der Waals surface area contributed by atoms with Gasteiger partial charge in [0.25, 0.3) is 0 Å². The molecule has 1 aliphatic rings. The van der Waals surface area contributed by atoms with E-state index in [0.29, 0.717) is 12.0 Å². The van der Waals surface area contributed by atoms with Crippen LogP contribution in [0.4, 0.5) is 4.79 Å². The number of amides is 2. The highest BCUT2D eigenvalue weighted by Crippen LogP contribution is 2.26. The van der Waals surface area contributed by atoms with E-state index in [2.05, 4.69) is 36.1 Å². The minimum Gasteiger partial charge on any atom is -0.338 e. The number of hydrogen-bond acceptors (Lipinski definition) is 3. The van der Waals surface area contributed by atoms with Gasteiger partial charge in [-0.25, -0.2) is 4.79 Å². The number of nitrogens with one attached hydrogen (secondary N) is 1. The largest absolute Gasteiger partial charge is 0.338 e. The van der Waals surface area contributed by atoms with Crippen molar-refractivity contribution in [2.45, 2.75) is 32.2 Å². The van der Waals surface area contributed by atoms with Gasteiger partial charge in [-0.3, -0.25) is 4.98 Å². The van der Waals surface area contributed by atoms with E-state index >= 15 is 0 Å². The molecule has 0 radical (unpaired) electrons. The number of rotatable bonds is 6. The second-order valence-corrected chi connectivity index (χ2v) is 5.83. The summed E-state index contributed by atoms with van der Waals surface area (Å²) in [6.45, 7) is 7.73. The fourth-order valence-corrected chi connectivity index (χ4v) is 2.52. The lowest BCUT2D eigenvalue weighted by Crippen LogP contribution is -2.52. The summed E-state index contributed by atoms with van der Waals surface area (Å²) in [5.74, 6) is 0.462. The molecule has 0 aliphatic carbocycles. The Bertz CT molecular complexity index is 445. The maximum absolute atomic E-state index is 12.0. The molecule has 1 N–H and O–H groups in total. The fourth-order valence-electron chi connectivity index (χ4n) is 2.52. The zero-order valence-corrected chi connectivity index (χ0v) is 13.2. The van der Waals surface area contributed by atoms with Crippen LogP contribution >= 0.6 is 0 Å². The van der Waals surface area contributed by atoms with Crippen LogP contribution in [0, 0.1) is 0 Å². The third kappa shape index (κ3) is 4.17. The molecule has 5 heteroatoms. The van der Waals surface area contributed by atoms with Crippen LogP contribution in [0.1, 0.15) is 31.7 Å². The first-order chi connectivity index (χ1) is 10.1. The highest BCUT2D eigenvalue weighted by molar-refractivity contribution is 5.75. The average molecular weight is 290 g/mol. The van der Waals surface area contributed by atoms with Crippen molar-refractivity contribution >= 4 is 6.03 Å². The summed E-state index contributed by atoms with van der Waals surface area (Å²) in [4.78, 5) is 20.2. The molecule has 5 nitrogen and oxygen atoms in total. The quantitative estimate of drug-likeness (QED) is 0.871. The van der Waals surface area contributed by atoms with Crippen molar-refractivity contribution < 1.29 is 4.79 Å². The van der Waals surface area contributed by atoms with E-state index in [1.807, 2.05) is 29.4 Å². The Morgan fingerprint density at radius 3 is 2.76 bits per heavy atom. The van der Waals surface area contributed by atoms with Gasteiger partial charge < -0.3 is 15.1 Å². The van der Waals surface area contributed by atoms with Crippen LogP contribution in [-0.2, 0) is 0 Å². The number of aromatic nitrogens is 1. The van der Waals surface area contributed by atoms with Gasteiger partial charge in [0.1, 0.15) is 0 Å². The number of nitrogens with zero attached hydrogens (tertiary/aromatic N) is 3. The summed E-state index contributed by atoms with van der Waals surface area (Å²) < 4.78 is 0. The molecule has 1 aromatic rings. The van der Waals surface area contributed by atoms with Crippen LogP contribution < -0.4 is 5.32 Å². The SMILES string of the molecule is CCN(C)C(C)CCNC(=O)N1CC(c2ccncc2)C1. The van der Waals surface area contributed by atoms with Crippen molar-refractivity contribution in [1.82, 2.24) is 20.1 Å². The first-order valence-corrected chi connectivity index (χ1v) is 7.74. The molecule has 0 bridgehead atoms. The van der Waals surface area contributed by atoms with Crippen molar-refractivity contribution in [3.05, 3.63) is 30.1 Å². The molecular weight excluding hydrogens is 264 g/mol. The van der Waals surface area contributed by atoms with Gasteiger partial charge in [-0.2, -0.15) is 0 Å². The minimum atomic E-state index is 0.0617. The predicted molar refractivity (Wildman–Crippen MR) is 84.3 cm³/mol. The molecule has 0 aromatic carbocycles. The van der Waals surface area contributed by atoms with Gasteiger partial charge in [0.15, 0.2) is 0 Å². The summed E-state index contributed by atoms with van der Waals surface area (Å²) in [5.41, 5.74) is 1.27. The third-order valence-corrected chi connectivity index (χ3v) is 4.44. The fraction of sp³-hybridized carbons (Fsp3) is 0.625. The molecule has 0 spiro atoms. The molecule has 116 valence electrons. The lowest BCUT2D eigenvalue weighted by Gasteiger charge is -2.39. The Balaban J connectivity index is 1.65. The Morgan fingerprint density at radius 1 is 1.48 bits per heavy atom. The average Bonchev–Trinajstić information content (AvgIpc) is 2.45. The smallest absolute Gasteiger partial charge is 0.317 e. The Kier molecular flexibility index (Phi) is 5.56. The molecule has 2 heterocycles. The predicted octanol–water partition coefficient (Wildman–Crippen LogP) is 1.92. The van der Waals surface area contributed by atoms with Crippen LogP contribution in [0.15, 0.2) is 24.5 Å². The molecule has 21 heavy (non-hydrogen) atoms. The van der Waals surface area contributed by atoms with Crippen LogP contribution in [0.25, 0.3) is 0 Å². The number of carbonyl (C=O) groups is 1. The van der Waals surface area contributed by atoms with Crippen LogP contribution in [-0.4, -0.2) is 60.1 Å². The van der Waals surface area contributed by atoms with Gasteiger partial charge in [-0.1, -0.05) is 6.92 Å². The van der Waals surface area contributed by atoms with Crippen molar-refractivity contribution in [3.63, 3.8) is 0 Å². The zero-order valence-electron chi connectivity index (χ0n) is 13.2. The maximum atomic E-state index is 12.0. The third-order valence-electron chi connectivity index (χ3n) is 4.44. The standard InChI is InChI=1S/C16H26N4O/c1-4-19(3)13(2)5-10-18-16(21)20-11-15(12-20)14-6-8-17-9-7-14/h6-9,13,15H,4-5,10-12H2,1-3H3,(H,18,21). The van der Waals surface area contributed by atoms with Crippen molar-refractivity contribution in [3.8, 4) is 0 Å². The van der Waals surface area contributed by atoms with Gasteiger partial charge in [-0.05, 0) is 44.6 Å². The minimum absolute atomic E-state index is 0.0617. The molecule has 1 fully saturated rings. The Morgan fingerprint density at radius 2 is 2.14 bits per heavy atom. The number of hydrogen-bond donors (Lipinski definition) is 1. The molecule has 2 rings (SSSR count). The van der Waals surface area contributed by atoms with Crippen LogP contribution in [0.2, 0.25) is 0 Å². The summed E-state index contributed by atoms with van der Waals surface area (Å²) in [6.07, 6.45) is 4.60. The van der Waals surface area contributed by atoms with Gasteiger partial charge in [0, 0.05) is 44.0 Å². The summed E-state index contributed by atoms with van der Waals surface area (Å²) in [5, 5.41) is 3.01. The lowest BCUT2D eigenvalue weighted by molar-refractivity contribution is 0.150. The van der Waals surface area contributed by atoms with Gasteiger partial charge in [0.05, 0.1) is 0 Å². The topological polar surface area (TPSA) is 48.5 Å². The van der Waals surface area contributed by atoms with E-state index in [-0.39, 0.29) is 6.03 Å². The van der Waals surface area contributed by atoms with Crippen molar-refractivity contribution in [1.29, 1.82) is 0 Å². The highest BCUT2D eigenvalue weighted by Gasteiger charge is 2.31. The summed E-state index contributed by atoms with van der Waals surface area (Å²) >= 11 is 0. The van der Waals surface area contributed by atoms with E-state index < -0.39 is 0 Å². The van der Waals surface area contributed by atoms with E-state index in [0.717, 1.165) is 32.6 Å². The molecule has 1 saturated heterocycles. The second kappa shape index (κ2) is 7.41. The number of pyridine rings is 1. The monoisotopic (exact) mass is 290 g/mol. The number of urea groups is 1. The van der Waals surface area contributed by atoms with Crippen molar-refractivity contribution in [2.75, 3.05) is 33.2 Å². The first kappa shape index (κ1) is 15.8. The van der Waals surface area contributed by atoms with Gasteiger partial charge in [-0.15, -0.1) is 0 Å². The molecule has 1 aromatic heterocycles. The molecule has 1 unspecified atom stereocenters. The molecular formula is C16H26N4O. The summed E-state index contributed by atoms with van der Waals surface area (Å²) in [6, 6.07) is 4.62. The molecule has 1 atom stereocenters. The van der Waals surface area contributed by atoms with E-state index in [4.69, 9.17) is 0 Å². The first-order valence-electron chi connectivity index (χ1n) is 7.74. The highest BCUT2D eigenvalue weighted by atomic mass is 16.2. The molecule has 2 amide bonds. The molecule has 1 aliphatic heterocycles. The Hall–Kier alpha value is -1.62. The normalized spacial score (nSPS) is 16.7. The number of likely N-dealkylation sites (tertiary alicyclic amines) is 1. The van der Waals surface area contributed by atoms with Gasteiger partial charge in [0.2, 0.25) is 0 Å². The second-order valence-electron chi connectivity index (χ2n) is 5.83. The van der Waals surface area contributed by atoms with Gasteiger partial charge >= 0.3 is 6.03 Å². The van der Waals surface area contributed by atoms with Crippen LogP contribution in [0.3, 0.4) is 0 Å². The lowest BCUT2D eigenvalue weighted by atomic mass is 9.93.